The molecule has 24 heavy (non-hydrogen) atoms. The second-order valence-corrected chi connectivity index (χ2v) is 7.00. The number of nitrogens with one attached hydrogen (secondary N) is 1. The van der Waals surface area contributed by atoms with Crippen LogP contribution in [0, 0.1) is 0 Å². The number of fused-ring (bicyclic) bond motifs is 3. The van der Waals surface area contributed by atoms with Gasteiger partial charge in [-0.15, -0.1) is 0 Å². The van der Waals surface area contributed by atoms with Gasteiger partial charge in [0.25, 0.3) is 5.91 Å². The van der Waals surface area contributed by atoms with Gasteiger partial charge in [0.1, 0.15) is 12.3 Å². The summed E-state index contributed by atoms with van der Waals surface area (Å²) in [5.74, 6) is 0.486. The van der Waals surface area contributed by atoms with Crippen molar-refractivity contribution < 1.29 is 14.3 Å². The Bertz CT molecular complexity index is 651. The molecule has 2 unspecified atom stereocenters. The van der Waals surface area contributed by atoms with Gasteiger partial charge in [0.05, 0.1) is 5.69 Å². The molecular weight excluding hydrogens is 306 g/mol. The Hall–Kier alpha value is -2.08. The van der Waals surface area contributed by atoms with Crippen molar-refractivity contribution in [1.29, 1.82) is 0 Å². The largest absolute Gasteiger partial charge is 0.482 e. The fourth-order valence-electron chi connectivity index (χ4n) is 4.12. The molecule has 6 nitrogen and oxygen atoms in total. The van der Waals surface area contributed by atoms with Gasteiger partial charge in [-0.1, -0.05) is 12.1 Å². The highest BCUT2D eigenvalue weighted by Crippen LogP contribution is 2.32. The molecule has 0 saturated carbocycles. The highest BCUT2D eigenvalue weighted by Gasteiger charge is 2.37. The number of ether oxygens (including phenoxy) is 1. The van der Waals surface area contributed by atoms with E-state index in [1.807, 2.05) is 36.2 Å². The lowest BCUT2D eigenvalue weighted by Gasteiger charge is -2.37. The van der Waals surface area contributed by atoms with Gasteiger partial charge in [0.15, 0.2) is 6.61 Å². The summed E-state index contributed by atoms with van der Waals surface area (Å²) in [6.45, 7) is 0.0699. The number of carbonyl (C=O) groups excluding carboxylic acids is 2. The number of amides is 2. The molecule has 0 spiro atoms. The minimum absolute atomic E-state index is 0.00801. The Kier molecular flexibility index (Phi) is 3.92. The molecule has 1 aromatic carbocycles. The monoisotopic (exact) mass is 329 g/mol. The van der Waals surface area contributed by atoms with E-state index in [2.05, 4.69) is 5.32 Å². The molecule has 3 heterocycles. The first-order valence-corrected chi connectivity index (χ1v) is 8.65. The van der Waals surface area contributed by atoms with E-state index in [9.17, 15) is 9.59 Å². The molecule has 2 saturated heterocycles. The highest BCUT2D eigenvalue weighted by molar-refractivity contribution is 6.02. The van der Waals surface area contributed by atoms with Gasteiger partial charge in [0.2, 0.25) is 5.91 Å². The topological polar surface area (TPSA) is 61.9 Å². The van der Waals surface area contributed by atoms with Crippen molar-refractivity contribution in [3.63, 3.8) is 0 Å². The Morgan fingerprint density at radius 3 is 2.75 bits per heavy atom. The zero-order valence-corrected chi connectivity index (χ0v) is 13.9. The smallest absolute Gasteiger partial charge is 0.265 e. The zero-order chi connectivity index (χ0) is 16.7. The molecule has 3 aliphatic heterocycles. The second-order valence-electron chi connectivity index (χ2n) is 7.00. The summed E-state index contributed by atoms with van der Waals surface area (Å²) in [5, 5.41) is 3.60. The molecule has 3 aliphatic rings. The molecule has 2 fully saturated rings. The van der Waals surface area contributed by atoms with E-state index in [0.29, 0.717) is 23.5 Å². The number of hydrogen-bond donors (Lipinski definition) is 1. The molecular formula is C18H23N3O3. The lowest BCUT2D eigenvalue weighted by atomic mass is 9.98. The summed E-state index contributed by atoms with van der Waals surface area (Å²) < 4.78 is 5.44. The Morgan fingerprint density at radius 2 is 2.00 bits per heavy atom. The van der Waals surface area contributed by atoms with Crippen LogP contribution in [0.5, 0.6) is 5.75 Å². The van der Waals surface area contributed by atoms with E-state index >= 15 is 0 Å². The van der Waals surface area contributed by atoms with E-state index in [-0.39, 0.29) is 31.0 Å². The van der Waals surface area contributed by atoms with Gasteiger partial charge in [-0.3, -0.25) is 14.5 Å². The maximum absolute atomic E-state index is 12.8. The maximum Gasteiger partial charge on any atom is 0.265 e. The van der Waals surface area contributed by atoms with Crippen LogP contribution in [0.25, 0.3) is 0 Å². The van der Waals surface area contributed by atoms with E-state index in [1.165, 1.54) is 12.8 Å². The van der Waals surface area contributed by atoms with E-state index in [1.54, 1.807) is 4.90 Å². The van der Waals surface area contributed by atoms with Gasteiger partial charge in [-0.2, -0.15) is 0 Å². The number of carbonyl (C=O) groups is 2. The normalized spacial score (nSPS) is 28.3. The van der Waals surface area contributed by atoms with Gasteiger partial charge in [0, 0.05) is 25.2 Å². The quantitative estimate of drug-likeness (QED) is 0.904. The number of piperidine rings is 1. The summed E-state index contributed by atoms with van der Waals surface area (Å²) in [6.07, 6.45) is 4.43. The van der Waals surface area contributed by atoms with Gasteiger partial charge in [-0.05, 0) is 37.8 Å². The molecule has 0 aromatic heterocycles. The predicted octanol–water partition coefficient (Wildman–Crippen LogP) is 1.15. The summed E-state index contributed by atoms with van der Waals surface area (Å²) in [6, 6.07) is 8.71. The SMILES string of the molecule is CN(C(=O)CN1C(=O)COc2ccccc21)C1CC2CCC(C1)N2. The molecule has 128 valence electrons. The summed E-state index contributed by atoms with van der Waals surface area (Å²) in [7, 11) is 1.87. The average molecular weight is 329 g/mol. The van der Waals surface area contributed by atoms with Crippen molar-refractivity contribution in [3.05, 3.63) is 24.3 Å². The molecule has 0 radical (unpaired) electrons. The van der Waals surface area contributed by atoms with Gasteiger partial charge in [-0.25, -0.2) is 0 Å². The first-order chi connectivity index (χ1) is 11.6. The number of rotatable bonds is 3. The van der Waals surface area contributed by atoms with Crippen LogP contribution >= 0.6 is 0 Å². The first-order valence-electron chi connectivity index (χ1n) is 8.65. The highest BCUT2D eigenvalue weighted by atomic mass is 16.5. The summed E-state index contributed by atoms with van der Waals surface area (Å²) >= 11 is 0. The molecule has 2 amide bonds. The van der Waals surface area contributed by atoms with Gasteiger partial charge < -0.3 is 15.0 Å². The molecule has 0 aliphatic carbocycles. The van der Waals surface area contributed by atoms with Crippen molar-refractivity contribution in [2.24, 2.45) is 0 Å². The zero-order valence-electron chi connectivity index (χ0n) is 13.9. The first kappa shape index (κ1) is 15.4. The number of likely N-dealkylation sites (N-methyl/N-ethyl adjacent to an activating group) is 1. The molecule has 6 heteroatoms. The van der Waals surface area contributed by atoms with Crippen molar-refractivity contribution in [3.8, 4) is 5.75 Å². The van der Waals surface area contributed by atoms with Crippen LogP contribution in [0.3, 0.4) is 0 Å². The van der Waals surface area contributed by atoms with Crippen molar-refractivity contribution in [1.82, 2.24) is 10.2 Å². The van der Waals surface area contributed by atoms with Crippen molar-refractivity contribution in [2.45, 2.75) is 43.8 Å². The van der Waals surface area contributed by atoms with Crippen molar-refractivity contribution in [2.75, 3.05) is 25.1 Å². The number of benzene rings is 1. The Labute approximate surface area is 141 Å². The van der Waals surface area contributed by atoms with E-state index in [0.717, 1.165) is 12.8 Å². The third-order valence-electron chi connectivity index (χ3n) is 5.49. The fourth-order valence-corrected chi connectivity index (χ4v) is 4.12. The lowest BCUT2D eigenvalue weighted by Crippen LogP contribution is -2.52. The Balaban J connectivity index is 1.46. The van der Waals surface area contributed by atoms with E-state index in [4.69, 9.17) is 4.74 Å². The number of nitrogens with zero attached hydrogens (tertiary/aromatic N) is 2. The fraction of sp³-hybridized carbons (Fsp3) is 0.556. The predicted molar refractivity (Wildman–Crippen MR) is 90.0 cm³/mol. The lowest BCUT2D eigenvalue weighted by molar-refractivity contribution is -0.133. The van der Waals surface area contributed by atoms with Crippen LogP contribution in [0.15, 0.2) is 24.3 Å². The van der Waals surface area contributed by atoms with Crippen LogP contribution in [0.2, 0.25) is 0 Å². The third kappa shape index (κ3) is 2.75. The van der Waals surface area contributed by atoms with Crippen LogP contribution < -0.4 is 15.0 Å². The third-order valence-corrected chi connectivity index (χ3v) is 5.49. The average Bonchev–Trinajstić information content (AvgIpc) is 2.94. The molecule has 1 aromatic rings. The van der Waals surface area contributed by atoms with Crippen molar-refractivity contribution >= 4 is 17.5 Å². The standard InChI is InChI=1S/C18H23N3O3/c1-20(14-8-12-6-7-13(9-14)19-12)17(22)10-21-15-4-2-3-5-16(15)24-11-18(21)23/h2-5,12-14,19H,6-11H2,1H3. The summed E-state index contributed by atoms with van der Waals surface area (Å²) in [4.78, 5) is 28.4. The second kappa shape index (κ2) is 6.09. The molecule has 1 N–H and O–H groups in total. The minimum atomic E-state index is -0.166. The molecule has 4 rings (SSSR count). The van der Waals surface area contributed by atoms with Gasteiger partial charge >= 0.3 is 0 Å². The number of anilines is 1. The maximum atomic E-state index is 12.8. The van der Waals surface area contributed by atoms with Crippen LogP contribution in [-0.2, 0) is 9.59 Å². The molecule has 2 atom stereocenters. The summed E-state index contributed by atoms with van der Waals surface area (Å²) in [5.41, 5.74) is 0.681. The molecule has 2 bridgehead atoms. The number of para-hydroxylation sites is 2. The van der Waals surface area contributed by atoms with Crippen LogP contribution in [0.1, 0.15) is 25.7 Å². The Morgan fingerprint density at radius 1 is 1.29 bits per heavy atom. The number of hydrogen-bond acceptors (Lipinski definition) is 4. The minimum Gasteiger partial charge on any atom is -0.482 e. The van der Waals surface area contributed by atoms with Crippen LogP contribution in [0.4, 0.5) is 5.69 Å². The van der Waals surface area contributed by atoms with Crippen LogP contribution in [-0.4, -0.2) is 55.0 Å². The van der Waals surface area contributed by atoms with E-state index < -0.39 is 0 Å².